The summed E-state index contributed by atoms with van der Waals surface area (Å²) < 4.78 is 13.9. The summed E-state index contributed by atoms with van der Waals surface area (Å²) in [7, 11) is 0. The van der Waals surface area contributed by atoms with E-state index in [0.717, 1.165) is 0 Å². The first-order chi connectivity index (χ1) is 8.20. The van der Waals surface area contributed by atoms with E-state index < -0.39 is 5.83 Å². The quantitative estimate of drug-likeness (QED) is 0.602. The van der Waals surface area contributed by atoms with Crippen LogP contribution in [0.15, 0.2) is 16.3 Å². The molecule has 1 aromatic heterocycles. The lowest BCUT2D eigenvalue weighted by atomic mass is 10.1. The van der Waals surface area contributed by atoms with Crippen molar-refractivity contribution in [2.45, 2.75) is 5.16 Å². The Kier molecular flexibility index (Phi) is 2.29. The van der Waals surface area contributed by atoms with Gasteiger partial charge in [0.1, 0.15) is 17.1 Å². The van der Waals surface area contributed by atoms with Crippen molar-refractivity contribution in [3.8, 4) is 5.88 Å². The number of aromatic hydroxyl groups is 1. The molecule has 0 bridgehead atoms. The number of aromatic nitrogens is 2. The molecule has 0 spiro atoms. The third-order valence-corrected chi connectivity index (χ3v) is 3.19. The minimum absolute atomic E-state index is 0.124. The maximum atomic E-state index is 13.9. The highest BCUT2D eigenvalue weighted by Gasteiger charge is 2.31. The first kappa shape index (κ1) is 10.5. The minimum Gasteiger partial charge on any atom is -0.493 e. The lowest BCUT2D eigenvalue weighted by molar-refractivity contribution is 0.440. The van der Waals surface area contributed by atoms with Gasteiger partial charge in [0.2, 0.25) is 5.88 Å². The van der Waals surface area contributed by atoms with Crippen LogP contribution < -0.4 is 0 Å². The van der Waals surface area contributed by atoms with Gasteiger partial charge in [0.25, 0.3) is 0 Å². The monoisotopic (exact) mass is 252 g/mol. The standard InChI is InChI=1S/C10H9FN4OS/c1-17-10-13-7-5(11)4-15-3-2-12-8(15)6(7)9(16)14-10/h4H,2-3H2,1H3,(H,13,14,16). The largest absolute Gasteiger partial charge is 0.493 e. The lowest BCUT2D eigenvalue weighted by Crippen LogP contribution is -2.28. The van der Waals surface area contributed by atoms with Gasteiger partial charge >= 0.3 is 0 Å². The third kappa shape index (κ3) is 1.49. The average molecular weight is 252 g/mol. The summed E-state index contributed by atoms with van der Waals surface area (Å²) in [6, 6.07) is 0. The molecule has 0 amide bonds. The fourth-order valence-electron chi connectivity index (χ4n) is 1.91. The van der Waals surface area contributed by atoms with E-state index in [1.165, 1.54) is 18.0 Å². The molecular formula is C10H9FN4OS. The summed E-state index contributed by atoms with van der Waals surface area (Å²) >= 11 is 1.25. The summed E-state index contributed by atoms with van der Waals surface area (Å²) in [6.07, 6.45) is 3.13. The molecule has 3 rings (SSSR count). The normalized spacial score (nSPS) is 17.4. The van der Waals surface area contributed by atoms with Crippen LogP contribution in [0.5, 0.6) is 5.88 Å². The summed E-state index contributed by atoms with van der Waals surface area (Å²) in [5.74, 6) is -0.131. The average Bonchev–Trinajstić information content (AvgIpc) is 2.76. The molecule has 0 radical (unpaired) electrons. The van der Waals surface area contributed by atoms with Crippen molar-refractivity contribution in [1.82, 2.24) is 14.9 Å². The zero-order valence-corrected chi connectivity index (χ0v) is 9.83. The van der Waals surface area contributed by atoms with Gasteiger partial charge in [0, 0.05) is 12.7 Å². The van der Waals surface area contributed by atoms with Crippen molar-refractivity contribution >= 4 is 23.4 Å². The Morgan fingerprint density at radius 3 is 3.06 bits per heavy atom. The highest BCUT2D eigenvalue weighted by molar-refractivity contribution is 7.98. The van der Waals surface area contributed by atoms with Gasteiger partial charge in [-0.3, -0.25) is 4.99 Å². The van der Waals surface area contributed by atoms with Crippen LogP contribution in [0.25, 0.3) is 5.83 Å². The molecule has 0 fully saturated rings. The Bertz CT molecular complexity index is 557. The van der Waals surface area contributed by atoms with Gasteiger partial charge in [-0.05, 0) is 6.26 Å². The first-order valence-electron chi connectivity index (χ1n) is 5.05. The van der Waals surface area contributed by atoms with Crippen molar-refractivity contribution in [2.24, 2.45) is 4.99 Å². The SMILES string of the molecule is CSc1nc(O)c2c(n1)C(F)=CN1CCN=C21. The molecule has 0 aromatic carbocycles. The number of aliphatic imine (C=N–C) groups is 1. The van der Waals surface area contributed by atoms with E-state index in [2.05, 4.69) is 15.0 Å². The highest BCUT2D eigenvalue weighted by atomic mass is 32.2. The highest BCUT2D eigenvalue weighted by Crippen LogP contribution is 2.33. The molecular weight excluding hydrogens is 243 g/mol. The van der Waals surface area contributed by atoms with E-state index in [0.29, 0.717) is 29.6 Å². The van der Waals surface area contributed by atoms with Gasteiger partial charge in [-0.25, -0.2) is 9.37 Å². The maximum Gasteiger partial charge on any atom is 0.226 e. The van der Waals surface area contributed by atoms with Crippen LogP contribution in [-0.2, 0) is 0 Å². The topological polar surface area (TPSA) is 61.6 Å². The number of rotatable bonds is 1. The lowest BCUT2D eigenvalue weighted by Gasteiger charge is -2.22. The number of hydrogen-bond donors (Lipinski definition) is 1. The van der Waals surface area contributed by atoms with Gasteiger partial charge in [-0.1, -0.05) is 11.8 Å². The summed E-state index contributed by atoms with van der Waals surface area (Å²) in [5, 5.41) is 10.2. The minimum atomic E-state index is -0.464. The molecule has 0 saturated carbocycles. The smallest absolute Gasteiger partial charge is 0.226 e. The first-order valence-corrected chi connectivity index (χ1v) is 6.27. The molecule has 0 atom stereocenters. The van der Waals surface area contributed by atoms with Crippen molar-refractivity contribution in [3.05, 3.63) is 17.5 Å². The van der Waals surface area contributed by atoms with Crippen LogP contribution in [0, 0.1) is 0 Å². The Hall–Kier alpha value is -1.63. The number of nitrogens with zero attached hydrogens (tertiary/aromatic N) is 4. The van der Waals surface area contributed by atoms with E-state index in [-0.39, 0.29) is 11.6 Å². The van der Waals surface area contributed by atoms with Gasteiger partial charge in [-0.2, -0.15) is 4.98 Å². The van der Waals surface area contributed by atoms with Gasteiger partial charge in [-0.15, -0.1) is 0 Å². The van der Waals surface area contributed by atoms with Crippen molar-refractivity contribution in [1.29, 1.82) is 0 Å². The number of thioether (sulfide) groups is 1. The second-order valence-corrected chi connectivity index (χ2v) is 4.41. The number of hydrogen-bond acceptors (Lipinski definition) is 6. The molecule has 0 saturated heterocycles. The summed E-state index contributed by atoms with van der Waals surface area (Å²) in [6.45, 7) is 1.20. The van der Waals surface area contributed by atoms with Crippen LogP contribution in [0.2, 0.25) is 0 Å². The molecule has 2 aliphatic heterocycles. The second kappa shape index (κ2) is 3.69. The Labute approximate surface area is 101 Å². The number of fused-ring (bicyclic) bond motifs is 3. The van der Waals surface area contributed by atoms with E-state index in [1.54, 1.807) is 11.2 Å². The Morgan fingerprint density at radius 1 is 1.47 bits per heavy atom. The molecule has 2 aliphatic rings. The number of amidine groups is 1. The molecule has 1 aromatic rings. The summed E-state index contributed by atoms with van der Waals surface area (Å²) in [5.41, 5.74) is 0.416. The van der Waals surface area contributed by atoms with Gasteiger partial charge in [0.15, 0.2) is 11.0 Å². The van der Waals surface area contributed by atoms with Crippen molar-refractivity contribution in [3.63, 3.8) is 0 Å². The molecule has 0 unspecified atom stereocenters. The van der Waals surface area contributed by atoms with Crippen molar-refractivity contribution < 1.29 is 9.50 Å². The van der Waals surface area contributed by atoms with Crippen molar-refractivity contribution in [2.75, 3.05) is 19.3 Å². The van der Waals surface area contributed by atoms with Gasteiger partial charge < -0.3 is 10.0 Å². The zero-order chi connectivity index (χ0) is 12.0. The Morgan fingerprint density at radius 2 is 2.29 bits per heavy atom. The van der Waals surface area contributed by atoms with Gasteiger partial charge in [0.05, 0.1) is 6.54 Å². The maximum absolute atomic E-state index is 13.9. The fraction of sp³-hybridized carbons (Fsp3) is 0.300. The van der Waals surface area contributed by atoms with Crippen LogP contribution >= 0.6 is 11.8 Å². The van der Waals surface area contributed by atoms with E-state index in [4.69, 9.17) is 0 Å². The van der Waals surface area contributed by atoms with Crippen LogP contribution in [0.3, 0.4) is 0 Å². The molecule has 3 heterocycles. The third-order valence-electron chi connectivity index (χ3n) is 2.65. The molecule has 17 heavy (non-hydrogen) atoms. The van der Waals surface area contributed by atoms with E-state index in [1.807, 2.05) is 0 Å². The Balaban J connectivity index is 2.26. The zero-order valence-electron chi connectivity index (χ0n) is 9.01. The summed E-state index contributed by atoms with van der Waals surface area (Å²) in [4.78, 5) is 13.9. The second-order valence-electron chi connectivity index (χ2n) is 3.63. The molecule has 88 valence electrons. The van der Waals surface area contributed by atoms with E-state index >= 15 is 0 Å². The molecule has 7 heteroatoms. The predicted octanol–water partition coefficient (Wildman–Crippen LogP) is 1.25. The predicted molar refractivity (Wildman–Crippen MR) is 62.7 cm³/mol. The van der Waals surface area contributed by atoms with E-state index in [9.17, 15) is 9.50 Å². The van der Waals surface area contributed by atoms with Crippen LogP contribution in [-0.4, -0.2) is 45.2 Å². The number of halogens is 1. The molecule has 5 nitrogen and oxygen atoms in total. The molecule has 0 aliphatic carbocycles. The van der Waals surface area contributed by atoms with Crippen LogP contribution in [0.4, 0.5) is 4.39 Å². The fourth-order valence-corrected chi connectivity index (χ4v) is 2.27. The van der Waals surface area contributed by atoms with Crippen LogP contribution in [0.1, 0.15) is 11.3 Å². The molecule has 1 N–H and O–H groups in total.